The van der Waals surface area contributed by atoms with E-state index in [4.69, 9.17) is 0 Å². The van der Waals surface area contributed by atoms with Crippen molar-refractivity contribution in [1.82, 2.24) is 14.1 Å². The van der Waals surface area contributed by atoms with Crippen molar-refractivity contribution in [1.29, 1.82) is 0 Å². The van der Waals surface area contributed by atoms with Crippen LogP contribution in [0.3, 0.4) is 0 Å². The van der Waals surface area contributed by atoms with Gasteiger partial charge in [-0.25, -0.2) is 12.8 Å². The van der Waals surface area contributed by atoms with E-state index in [0.29, 0.717) is 36.5 Å². The van der Waals surface area contributed by atoms with Gasteiger partial charge in [0.05, 0.1) is 11.4 Å². The van der Waals surface area contributed by atoms with Gasteiger partial charge in [-0.05, 0) is 51.8 Å². The van der Waals surface area contributed by atoms with Gasteiger partial charge < -0.3 is 5.32 Å². The predicted molar refractivity (Wildman–Crippen MR) is 104 cm³/mol. The van der Waals surface area contributed by atoms with Crippen LogP contribution in [0.4, 0.5) is 10.1 Å². The number of halogens is 1. The van der Waals surface area contributed by atoms with Crippen molar-refractivity contribution in [3.05, 3.63) is 41.5 Å². The Balaban J connectivity index is 1.68. The fraction of sp³-hybridized carbons (Fsp3) is 0.474. The molecule has 9 heteroatoms. The molecule has 2 aromatic rings. The minimum atomic E-state index is -3.66. The van der Waals surface area contributed by atoms with Crippen molar-refractivity contribution in [2.45, 2.75) is 45.1 Å². The van der Waals surface area contributed by atoms with Crippen molar-refractivity contribution in [2.75, 3.05) is 18.4 Å². The van der Waals surface area contributed by atoms with Crippen molar-refractivity contribution in [3.63, 3.8) is 0 Å². The Labute approximate surface area is 164 Å². The van der Waals surface area contributed by atoms with Crippen LogP contribution in [0, 0.1) is 25.6 Å². The maximum absolute atomic E-state index is 13.3. The highest BCUT2D eigenvalue weighted by atomic mass is 32.2. The number of rotatable bonds is 5. The van der Waals surface area contributed by atoms with E-state index < -0.39 is 15.8 Å². The predicted octanol–water partition coefficient (Wildman–Crippen LogP) is 2.70. The molecule has 1 aliphatic heterocycles. The Morgan fingerprint density at radius 1 is 1.29 bits per heavy atom. The molecule has 1 amide bonds. The zero-order valence-electron chi connectivity index (χ0n) is 16.3. The zero-order valence-corrected chi connectivity index (χ0v) is 17.1. The number of carbonyl (C=O) groups is 1. The summed E-state index contributed by atoms with van der Waals surface area (Å²) in [6.45, 7) is 6.50. The molecule has 2 heterocycles. The molecule has 3 rings (SSSR count). The van der Waals surface area contributed by atoms with Crippen LogP contribution in [-0.2, 0) is 21.4 Å². The van der Waals surface area contributed by atoms with Crippen LogP contribution < -0.4 is 5.32 Å². The van der Waals surface area contributed by atoms with E-state index in [1.54, 1.807) is 24.6 Å². The first-order chi connectivity index (χ1) is 13.2. The Hall–Kier alpha value is -2.26. The molecule has 0 atom stereocenters. The van der Waals surface area contributed by atoms with Crippen LogP contribution in [-0.4, -0.2) is 41.5 Å². The molecule has 0 saturated carbocycles. The Kier molecular flexibility index (Phi) is 5.85. The number of aryl methyl sites for hydroxylation is 2. The minimum absolute atomic E-state index is 0.214. The van der Waals surface area contributed by atoms with Crippen LogP contribution in [0.5, 0.6) is 0 Å². The minimum Gasteiger partial charge on any atom is -0.326 e. The summed E-state index contributed by atoms with van der Waals surface area (Å²) in [7, 11) is -3.66. The molecule has 1 aromatic carbocycles. The summed E-state index contributed by atoms with van der Waals surface area (Å²) in [6, 6.07) is 5.72. The second-order valence-corrected chi connectivity index (χ2v) is 8.87. The lowest BCUT2D eigenvalue weighted by Crippen LogP contribution is -2.41. The normalized spacial score (nSPS) is 16.3. The average molecular weight is 408 g/mol. The Bertz CT molecular complexity index is 979. The van der Waals surface area contributed by atoms with Gasteiger partial charge in [-0.3, -0.25) is 9.48 Å². The summed E-state index contributed by atoms with van der Waals surface area (Å²) >= 11 is 0. The van der Waals surface area contributed by atoms with E-state index in [2.05, 4.69) is 10.4 Å². The number of anilines is 1. The van der Waals surface area contributed by atoms with E-state index >= 15 is 0 Å². The molecule has 28 heavy (non-hydrogen) atoms. The van der Waals surface area contributed by atoms with Crippen LogP contribution in [0.15, 0.2) is 29.2 Å². The second kappa shape index (κ2) is 8.00. The van der Waals surface area contributed by atoms with E-state index in [9.17, 15) is 17.6 Å². The molecule has 0 spiro atoms. The summed E-state index contributed by atoms with van der Waals surface area (Å²) in [5.41, 5.74) is 1.52. The average Bonchev–Trinajstić information content (AvgIpc) is 2.96. The molecule has 1 saturated heterocycles. The molecule has 0 unspecified atom stereocenters. The molecule has 1 aromatic heterocycles. The van der Waals surface area contributed by atoms with Crippen molar-refractivity contribution in [3.8, 4) is 0 Å². The highest BCUT2D eigenvalue weighted by molar-refractivity contribution is 7.89. The van der Waals surface area contributed by atoms with E-state index in [0.717, 1.165) is 0 Å². The van der Waals surface area contributed by atoms with Gasteiger partial charge in [0.2, 0.25) is 15.9 Å². The smallest absolute Gasteiger partial charge is 0.246 e. The SMILES string of the molecule is CCn1nc(C)c(S(=O)(=O)N2CCC(C(=O)Nc3cccc(F)c3)CC2)c1C. The number of hydrogen-bond acceptors (Lipinski definition) is 4. The fourth-order valence-corrected chi connectivity index (χ4v) is 5.50. The van der Waals surface area contributed by atoms with Gasteiger partial charge in [0.15, 0.2) is 0 Å². The molecule has 0 bridgehead atoms. The van der Waals surface area contributed by atoms with Gasteiger partial charge in [0, 0.05) is 31.2 Å². The van der Waals surface area contributed by atoms with Crippen LogP contribution in [0.1, 0.15) is 31.2 Å². The Morgan fingerprint density at radius 2 is 1.96 bits per heavy atom. The largest absolute Gasteiger partial charge is 0.326 e. The van der Waals surface area contributed by atoms with Crippen LogP contribution in [0.2, 0.25) is 0 Å². The molecule has 1 fully saturated rings. The fourth-order valence-electron chi connectivity index (χ4n) is 3.66. The van der Waals surface area contributed by atoms with Gasteiger partial charge >= 0.3 is 0 Å². The number of nitrogens with one attached hydrogen (secondary N) is 1. The topological polar surface area (TPSA) is 84.3 Å². The molecule has 0 radical (unpaired) electrons. The molecule has 0 aliphatic carbocycles. The molecule has 7 nitrogen and oxygen atoms in total. The standard InChI is InChI=1S/C19H25FN4O3S/c1-4-24-14(3)18(13(2)22-24)28(26,27)23-10-8-15(9-11-23)19(25)21-17-7-5-6-16(20)12-17/h5-7,12,15H,4,8-11H2,1-3H3,(H,21,25). The highest BCUT2D eigenvalue weighted by Gasteiger charge is 2.35. The van der Waals surface area contributed by atoms with Crippen molar-refractivity contribution in [2.24, 2.45) is 5.92 Å². The summed E-state index contributed by atoms with van der Waals surface area (Å²) in [6.07, 6.45) is 0.834. The van der Waals surface area contributed by atoms with E-state index in [1.807, 2.05) is 6.92 Å². The molecule has 1 N–H and O–H groups in total. The van der Waals surface area contributed by atoms with Gasteiger partial charge in [-0.2, -0.15) is 9.40 Å². The number of sulfonamides is 1. The first-order valence-corrected chi connectivity index (χ1v) is 10.8. The summed E-state index contributed by atoms with van der Waals surface area (Å²) in [4.78, 5) is 12.7. The third-order valence-electron chi connectivity index (χ3n) is 5.13. The number of carbonyl (C=O) groups excluding carboxylic acids is 1. The molecule has 1 aliphatic rings. The number of benzene rings is 1. The number of piperidine rings is 1. The first kappa shape index (κ1) is 20.5. The van der Waals surface area contributed by atoms with Crippen molar-refractivity contribution >= 4 is 21.6 Å². The summed E-state index contributed by atoms with van der Waals surface area (Å²) < 4.78 is 42.6. The monoisotopic (exact) mass is 408 g/mol. The number of nitrogens with zero attached hydrogens (tertiary/aromatic N) is 3. The lowest BCUT2D eigenvalue weighted by atomic mass is 9.97. The lowest BCUT2D eigenvalue weighted by molar-refractivity contribution is -0.120. The Morgan fingerprint density at radius 3 is 2.54 bits per heavy atom. The van der Waals surface area contributed by atoms with Crippen LogP contribution in [0.25, 0.3) is 0 Å². The van der Waals surface area contributed by atoms with Gasteiger partial charge in [0.1, 0.15) is 10.7 Å². The van der Waals surface area contributed by atoms with Gasteiger partial charge in [-0.1, -0.05) is 6.07 Å². The first-order valence-electron chi connectivity index (χ1n) is 9.34. The third kappa shape index (κ3) is 3.95. The second-order valence-electron chi connectivity index (χ2n) is 6.99. The maximum atomic E-state index is 13.3. The molecular formula is C19H25FN4O3S. The number of amides is 1. The zero-order chi connectivity index (χ0) is 20.5. The third-order valence-corrected chi connectivity index (χ3v) is 7.28. The van der Waals surface area contributed by atoms with Gasteiger partial charge in [-0.15, -0.1) is 0 Å². The summed E-state index contributed by atoms with van der Waals surface area (Å²) in [5.74, 6) is -0.943. The van der Waals surface area contributed by atoms with E-state index in [-0.39, 0.29) is 29.8 Å². The number of hydrogen-bond donors (Lipinski definition) is 1. The highest BCUT2D eigenvalue weighted by Crippen LogP contribution is 2.28. The molecular weight excluding hydrogens is 383 g/mol. The maximum Gasteiger partial charge on any atom is 0.246 e. The van der Waals surface area contributed by atoms with E-state index in [1.165, 1.54) is 22.5 Å². The van der Waals surface area contributed by atoms with Crippen molar-refractivity contribution < 1.29 is 17.6 Å². The quantitative estimate of drug-likeness (QED) is 0.824. The van der Waals surface area contributed by atoms with Gasteiger partial charge in [0.25, 0.3) is 0 Å². The van der Waals surface area contributed by atoms with Crippen LogP contribution >= 0.6 is 0 Å². The molecule has 152 valence electrons. The number of aromatic nitrogens is 2. The lowest BCUT2D eigenvalue weighted by Gasteiger charge is -2.30. The summed E-state index contributed by atoms with van der Waals surface area (Å²) in [5, 5.41) is 7.01.